The molecule has 0 aliphatic carbocycles. The van der Waals surface area contributed by atoms with Crippen LogP contribution in [0.2, 0.25) is 0 Å². The van der Waals surface area contributed by atoms with Crippen molar-refractivity contribution in [1.29, 1.82) is 0 Å². The molecule has 0 unspecified atom stereocenters. The first kappa shape index (κ1) is 17.5. The molecule has 0 spiro atoms. The standard InChI is InChI=1S/C5H10N2O7P2.Na/c8-5(15(9,10)11,16(12,13)14)3-7-2-1-6-4-7;/h1-2,4,8H,3H2,(H2,9,10,11)(H2,12,13,14);. The third kappa shape index (κ3) is 3.71. The molecule has 1 rings (SSSR count). The van der Waals surface area contributed by atoms with E-state index in [0.29, 0.717) is 0 Å². The van der Waals surface area contributed by atoms with Crippen molar-refractivity contribution < 1.29 is 33.8 Å². The minimum absolute atomic E-state index is 0. The van der Waals surface area contributed by atoms with Crippen LogP contribution in [0.15, 0.2) is 18.7 Å². The van der Waals surface area contributed by atoms with E-state index in [1.807, 2.05) is 0 Å². The predicted octanol–water partition coefficient (Wildman–Crippen LogP) is -1.50. The van der Waals surface area contributed by atoms with E-state index in [4.69, 9.17) is 19.6 Å². The van der Waals surface area contributed by atoms with Gasteiger partial charge in [-0.1, -0.05) is 0 Å². The van der Waals surface area contributed by atoms with Crippen molar-refractivity contribution in [3.05, 3.63) is 18.7 Å². The number of hydrogen-bond donors (Lipinski definition) is 5. The fourth-order valence-electron chi connectivity index (χ4n) is 0.979. The molecule has 0 amide bonds. The Labute approximate surface area is 118 Å². The monoisotopic (exact) mass is 295 g/mol. The Morgan fingerprint density at radius 3 is 1.94 bits per heavy atom. The largest absolute Gasteiger partial charge is 0.371 e. The van der Waals surface area contributed by atoms with Crippen LogP contribution in [0.1, 0.15) is 0 Å². The molecule has 1 radical (unpaired) electrons. The van der Waals surface area contributed by atoms with Crippen LogP contribution < -0.4 is 0 Å². The molecule has 1 heterocycles. The minimum Gasteiger partial charge on any atom is -0.366 e. The molecule has 0 aromatic carbocycles. The normalized spacial score (nSPS) is 13.2. The number of rotatable bonds is 4. The molecule has 93 valence electrons. The Bertz CT molecular complexity index is 429. The molecule has 17 heavy (non-hydrogen) atoms. The van der Waals surface area contributed by atoms with E-state index >= 15 is 0 Å². The van der Waals surface area contributed by atoms with E-state index in [2.05, 4.69) is 4.98 Å². The van der Waals surface area contributed by atoms with Crippen LogP contribution >= 0.6 is 15.2 Å². The Morgan fingerprint density at radius 2 is 1.65 bits per heavy atom. The van der Waals surface area contributed by atoms with Gasteiger partial charge in [0.25, 0.3) is 5.08 Å². The molecule has 0 aliphatic heterocycles. The Hall–Kier alpha value is 0.470. The number of aliphatic hydroxyl groups is 1. The van der Waals surface area contributed by atoms with Gasteiger partial charge in [-0.2, -0.15) is 0 Å². The summed E-state index contributed by atoms with van der Waals surface area (Å²) < 4.78 is 22.8. The molecule has 0 bridgehead atoms. The summed E-state index contributed by atoms with van der Waals surface area (Å²) in [5.41, 5.74) is 0. The van der Waals surface area contributed by atoms with Crippen molar-refractivity contribution in [3.63, 3.8) is 0 Å². The van der Waals surface area contributed by atoms with Gasteiger partial charge in [-0.15, -0.1) is 0 Å². The van der Waals surface area contributed by atoms with Crippen molar-refractivity contribution in [2.45, 2.75) is 11.6 Å². The van der Waals surface area contributed by atoms with E-state index in [-0.39, 0.29) is 29.6 Å². The van der Waals surface area contributed by atoms with E-state index < -0.39 is 26.8 Å². The van der Waals surface area contributed by atoms with Gasteiger partial charge < -0.3 is 29.2 Å². The van der Waals surface area contributed by atoms with Gasteiger partial charge >= 0.3 is 15.2 Å². The second kappa shape index (κ2) is 5.63. The van der Waals surface area contributed by atoms with Gasteiger partial charge in [0, 0.05) is 42.0 Å². The molecule has 1 aromatic heterocycles. The summed E-state index contributed by atoms with van der Waals surface area (Å²) in [7, 11) is -10.8. The van der Waals surface area contributed by atoms with Crippen molar-refractivity contribution in [1.82, 2.24) is 9.55 Å². The first-order valence-electron chi connectivity index (χ1n) is 3.87. The predicted molar refractivity (Wildman–Crippen MR) is 57.0 cm³/mol. The average Bonchev–Trinajstić information content (AvgIpc) is 2.52. The van der Waals surface area contributed by atoms with E-state index in [0.717, 1.165) is 10.9 Å². The van der Waals surface area contributed by atoms with Crippen LogP contribution in [0.5, 0.6) is 0 Å². The Balaban J connectivity index is 0.00000256. The van der Waals surface area contributed by atoms with E-state index in [9.17, 15) is 14.2 Å². The van der Waals surface area contributed by atoms with Crippen molar-refractivity contribution >= 4 is 44.7 Å². The van der Waals surface area contributed by atoms with Crippen molar-refractivity contribution in [2.24, 2.45) is 0 Å². The van der Waals surface area contributed by atoms with Crippen LogP contribution in [0.3, 0.4) is 0 Å². The molecule has 0 saturated heterocycles. The topological polar surface area (TPSA) is 153 Å². The van der Waals surface area contributed by atoms with Gasteiger partial charge in [-0.25, -0.2) is 4.98 Å². The van der Waals surface area contributed by atoms with Crippen LogP contribution in [-0.2, 0) is 15.7 Å². The Morgan fingerprint density at radius 1 is 1.18 bits per heavy atom. The first-order valence-corrected chi connectivity index (χ1v) is 7.10. The molecule has 9 nitrogen and oxygen atoms in total. The molecular weight excluding hydrogens is 285 g/mol. The number of imidazole rings is 1. The fraction of sp³-hybridized carbons (Fsp3) is 0.400. The summed E-state index contributed by atoms with van der Waals surface area (Å²) in [5.74, 6) is 0. The quantitative estimate of drug-likeness (QED) is 0.332. The van der Waals surface area contributed by atoms with Crippen LogP contribution in [0, 0.1) is 0 Å². The summed E-state index contributed by atoms with van der Waals surface area (Å²) >= 11 is 0. The van der Waals surface area contributed by atoms with Gasteiger partial charge in [-0.05, 0) is 0 Å². The van der Waals surface area contributed by atoms with E-state index in [1.54, 1.807) is 0 Å². The molecule has 5 N–H and O–H groups in total. The van der Waals surface area contributed by atoms with Gasteiger partial charge in [0.05, 0.1) is 12.9 Å². The molecule has 12 heteroatoms. The average molecular weight is 295 g/mol. The molecule has 0 atom stereocenters. The van der Waals surface area contributed by atoms with Gasteiger partial charge in [0.1, 0.15) is 0 Å². The third-order valence-electron chi connectivity index (χ3n) is 1.89. The summed E-state index contributed by atoms with van der Waals surface area (Å²) in [5, 5.41) is 6.04. The van der Waals surface area contributed by atoms with Crippen LogP contribution in [-0.4, -0.2) is 68.9 Å². The number of aromatic nitrogens is 2. The summed E-state index contributed by atoms with van der Waals surface area (Å²) in [4.78, 5) is 38.7. The molecule has 0 saturated carbocycles. The van der Waals surface area contributed by atoms with Crippen LogP contribution in [0.4, 0.5) is 0 Å². The second-order valence-electron chi connectivity index (χ2n) is 3.10. The number of hydrogen-bond acceptors (Lipinski definition) is 4. The number of nitrogens with zero attached hydrogens (tertiary/aromatic N) is 2. The summed E-state index contributed by atoms with van der Waals surface area (Å²) in [6.07, 6.45) is 3.51. The molecule has 0 fully saturated rings. The zero-order valence-corrected chi connectivity index (χ0v) is 12.6. The molecule has 1 aromatic rings. The smallest absolute Gasteiger partial charge is 0.366 e. The fourth-order valence-corrected chi connectivity index (χ4v) is 3.03. The minimum atomic E-state index is -5.41. The summed E-state index contributed by atoms with van der Waals surface area (Å²) in [6, 6.07) is 0. The molecule has 0 aliphatic rings. The second-order valence-corrected chi connectivity index (χ2v) is 7.11. The maximum Gasteiger partial charge on any atom is 0.371 e. The Kier molecular flexibility index (Phi) is 5.78. The summed E-state index contributed by atoms with van der Waals surface area (Å²) in [6.45, 7) is -0.957. The third-order valence-corrected chi connectivity index (χ3v) is 5.60. The van der Waals surface area contributed by atoms with Crippen molar-refractivity contribution in [2.75, 3.05) is 0 Å². The zero-order valence-electron chi connectivity index (χ0n) is 8.78. The molecular formula is C5H10N2NaO7P2. The zero-order chi connectivity index (χ0) is 12.6. The van der Waals surface area contributed by atoms with Gasteiger partial charge in [0.15, 0.2) is 0 Å². The maximum atomic E-state index is 10.9. The van der Waals surface area contributed by atoms with Gasteiger partial charge in [0.2, 0.25) is 0 Å². The van der Waals surface area contributed by atoms with E-state index in [1.165, 1.54) is 12.4 Å². The van der Waals surface area contributed by atoms with Gasteiger partial charge in [-0.3, -0.25) is 9.13 Å². The maximum absolute atomic E-state index is 10.9. The van der Waals surface area contributed by atoms with Crippen LogP contribution in [0.25, 0.3) is 0 Å². The SMILES string of the molecule is O=P(O)(O)C(O)(Cn1ccnc1)P(=O)(O)O.[Na]. The first-order chi connectivity index (χ1) is 7.08. The van der Waals surface area contributed by atoms with Crippen molar-refractivity contribution in [3.8, 4) is 0 Å².